The molecule has 192 valence electrons. The second-order valence-electron chi connectivity index (χ2n) is 10.0. The number of fused-ring (bicyclic) bond motifs is 1. The number of hydrogen-bond donors (Lipinski definition) is 0. The third-order valence-corrected chi connectivity index (χ3v) is 8.50. The fourth-order valence-electron chi connectivity index (χ4n) is 5.05. The molecule has 37 heavy (non-hydrogen) atoms. The first-order chi connectivity index (χ1) is 18.0. The van der Waals surface area contributed by atoms with Crippen molar-refractivity contribution in [3.63, 3.8) is 0 Å². The van der Waals surface area contributed by atoms with Gasteiger partial charge in [-0.25, -0.2) is 9.97 Å². The first-order valence-corrected chi connectivity index (χ1v) is 14.3. The van der Waals surface area contributed by atoms with Crippen LogP contribution in [0.15, 0.2) is 54.6 Å². The second kappa shape index (κ2) is 11.4. The number of nitrogens with zero attached hydrogens (tertiary/aromatic N) is 4. The largest absolute Gasteiger partial charge is 0.352 e. The smallest absolute Gasteiger partial charge is 0.253 e. The molecule has 0 radical (unpaired) electrons. The predicted molar refractivity (Wildman–Crippen MR) is 154 cm³/mol. The van der Waals surface area contributed by atoms with E-state index in [-0.39, 0.29) is 5.91 Å². The third-order valence-electron chi connectivity index (χ3n) is 7.40. The van der Waals surface area contributed by atoms with E-state index in [4.69, 9.17) is 9.97 Å². The van der Waals surface area contributed by atoms with Crippen molar-refractivity contribution in [2.75, 3.05) is 31.1 Å². The summed E-state index contributed by atoms with van der Waals surface area (Å²) in [6.07, 6.45) is 5.48. The van der Waals surface area contributed by atoms with Crippen LogP contribution in [0, 0.1) is 13.8 Å². The average Bonchev–Trinajstić information content (AvgIpc) is 3.22. The van der Waals surface area contributed by atoms with Gasteiger partial charge < -0.3 is 9.80 Å². The van der Waals surface area contributed by atoms with Crippen LogP contribution in [0.5, 0.6) is 0 Å². The molecule has 0 saturated carbocycles. The number of carbonyl (C=O) groups is 1. The highest BCUT2D eigenvalue weighted by atomic mass is 32.1. The number of aryl methyl sites for hydroxylation is 3. The van der Waals surface area contributed by atoms with Crippen molar-refractivity contribution in [2.24, 2.45) is 0 Å². The topological polar surface area (TPSA) is 49.3 Å². The van der Waals surface area contributed by atoms with Crippen molar-refractivity contribution in [1.29, 1.82) is 0 Å². The van der Waals surface area contributed by atoms with Gasteiger partial charge in [0.2, 0.25) is 0 Å². The summed E-state index contributed by atoms with van der Waals surface area (Å²) < 4.78 is 0. The highest BCUT2D eigenvalue weighted by Crippen LogP contribution is 2.35. The minimum absolute atomic E-state index is 0.125. The van der Waals surface area contributed by atoms with Gasteiger partial charge in [0.25, 0.3) is 5.91 Å². The lowest BCUT2D eigenvalue weighted by Gasteiger charge is -2.36. The predicted octanol–water partition coefficient (Wildman–Crippen LogP) is 6.59. The molecule has 5 rings (SSSR count). The second-order valence-corrected chi connectivity index (χ2v) is 11.2. The minimum atomic E-state index is 0.125. The van der Waals surface area contributed by atoms with E-state index in [0.717, 1.165) is 46.9 Å². The van der Waals surface area contributed by atoms with Crippen LogP contribution in [-0.4, -0.2) is 47.0 Å². The van der Waals surface area contributed by atoms with Crippen LogP contribution < -0.4 is 4.90 Å². The number of hydrogen-bond acceptors (Lipinski definition) is 5. The molecule has 1 amide bonds. The van der Waals surface area contributed by atoms with E-state index in [9.17, 15) is 4.79 Å². The average molecular weight is 513 g/mol. The molecule has 6 heteroatoms. The number of aromatic nitrogens is 2. The molecule has 2 aromatic carbocycles. The number of thiophene rings is 1. The Bertz CT molecular complexity index is 1360. The number of anilines is 1. The van der Waals surface area contributed by atoms with Gasteiger partial charge in [0.05, 0.1) is 5.39 Å². The minimum Gasteiger partial charge on any atom is -0.352 e. The standard InChI is InChI=1S/C31H36N4OS/c1-4-5-7-10-24-13-15-26(16-14-24)31(36)35-19-17-34(18-20-35)29-28-22(2)23(3)37-30(28)33-27(32-29)21-25-11-8-6-9-12-25/h6,8-9,11-16H,4-5,7,10,17-21H2,1-3H3. The summed E-state index contributed by atoms with van der Waals surface area (Å²) in [6, 6.07) is 18.6. The molecule has 1 aliphatic heterocycles. The molecule has 5 nitrogen and oxygen atoms in total. The molecule has 0 atom stereocenters. The Balaban J connectivity index is 1.31. The van der Waals surface area contributed by atoms with E-state index in [1.54, 1.807) is 11.3 Å². The lowest BCUT2D eigenvalue weighted by Crippen LogP contribution is -2.49. The number of rotatable bonds is 8. The van der Waals surface area contributed by atoms with Gasteiger partial charge in [0.15, 0.2) is 0 Å². The summed E-state index contributed by atoms with van der Waals surface area (Å²) in [4.78, 5) is 29.9. The summed E-state index contributed by atoms with van der Waals surface area (Å²) in [5.41, 5.74) is 4.57. The van der Waals surface area contributed by atoms with Crippen LogP contribution in [0.4, 0.5) is 5.82 Å². The Labute approximate surface area is 224 Å². The van der Waals surface area contributed by atoms with E-state index < -0.39 is 0 Å². The maximum Gasteiger partial charge on any atom is 0.253 e. The summed E-state index contributed by atoms with van der Waals surface area (Å²) >= 11 is 1.75. The van der Waals surface area contributed by atoms with Crippen molar-refractivity contribution in [1.82, 2.24) is 14.9 Å². The molecule has 1 aliphatic rings. The van der Waals surface area contributed by atoms with Crippen molar-refractivity contribution >= 4 is 33.3 Å². The molecule has 0 aliphatic carbocycles. The Kier molecular flexibility index (Phi) is 7.85. The van der Waals surface area contributed by atoms with Gasteiger partial charge in [-0.3, -0.25) is 4.79 Å². The maximum atomic E-state index is 13.2. The lowest BCUT2D eigenvalue weighted by molar-refractivity contribution is 0.0746. The monoisotopic (exact) mass is 512 g/mol. The number of amides is 1. The Hall–Kier alpha value is -3.25. The molecule has 0 N–H and O–H groups in total. The number of piperazine rings is 1. The zero-order valence-electron chi connectivity index (χ0n) is 22.2. The first-order valence-electron chi connectivity index (χ1n) is 13.5. The van der Waals surface area contributed by atoms with Crippen LogP contribution in [0.25, 0.3) is 10.2 Å². The van der Waals surface area contributed by atoms with Crippen molar-refractivity contribution < 1.29 is 4.79 Å². The van der Waals surface area contributed by atoms with Crippen LogP contribution in [0.1, 0.15) is 63.9 Å². The molecular weight excluding hydrogens is 476 g/mol. The number of unbranched alkanes of at least 4 members (excludes halogenated alkanes) is 2. The SMILES string of the molecule is CCCCCc1ccc(C(=O)N2CCN(c3nc(Cc4ccccc4)nc4sc(C)c(C)c34)CC2)cc1. The molecule has 2 aromatic heterocycles. The van der Waals surface area contributed by atoms with Gasteiger partial charge in [-0.2, -0.15) is 0 Å². The number of benzene rings is 2. The summed E-state index contributed by atoms with van der Waals surface area (Å²) in [5, 5.41) is 1.16. The number of carbonyl (C=O) groups excluding carboxylic acids is 1. The highest BCUT2D eigenvalue weighted by Gasteiger charge is 2.26. The quantitative estimate of drug-likeness (QED) is 0.250. The molecule has 4 aromatic rings. The summed E-state index contributed by atoms with van der Waals surface area (Å²) in [6.45, 7) is 9.48. The van der Waals surface area contributed by atoms with Crippen molar-refractivity contribution in [3.05, 3.63) is 87.6 Å². The van der Waals surface area contributed by atoms with E-state index >= 15 is 0 Å². The van der Waals surface area contributed by atoms with Gasteiger partial charge in [-0.15, -0.1) is 11.3 Å². The first kappa shape index (κ1) is 25.4. The van der Waals surface area contributed by atoms with E-state index in [2.05, 4.69) is 62.1 Å². The van der Waals surface area contributed by atoms with Gasteiger partial charge in [0.1, 0.15) is 16.5 Å². The molecule has 0 unspecified atom stereocenters. The maximum absolute atomic E-state index is 13.2. The van der Waals surface area contributed by atoms with Gasteiger partial charge in [-0.1, -0.05) is 62.2 Å². The summed E-state index contributed by atoms with van der Waals surface area (Å²) in [5.74, 6) is 1.99. The fourth-order valence-corrected chi connectivity index (χ4v) is 6.10. The van der Waals surface area contributed by atoms with Crippen LogP contribution in [-0.2, 0) is 12.8 Å². The fraction of sp³-hybridized carbons (Fsp3) is 0.387. The van der Waals surface area contributed by atoms with Crippen LogP contribution in [0.3, 0.4) is 0 Å². The molecular formula is C31H36N4OS. The molecule has 1 fully saturated rings. The van der Waals surface area contributed by atoms with Gasteiger partial charge in [-0.05, 0) is 55.5 Å². The van der Waals surface area contributed by atoms with Crippen molar-refractivity contribution in [3.8, 4) is 0 Å². The molecule has 3 heterocycles. The van der Waals surface area contributed by atoms with Crippen molar-refractivity contribution in [2.45, 2.75) is 52.9 Å². The zero-order chi connectivity index (χ0) is 25.8. The Morgan fingerprint density at radius 2 is 1.62 bits per heavy atom. The van der Waals surface area contributed by atoms with Gasteiger partial charge in [0, 0.05) is 43.0 Å². The van der Waals surface area contributed by atoms with E-state index in [0.29, 0.717) is 19.5 Å². The van der Waals surface area contributed by atoms with Gasteiger partial charge >= 0.3 is 0 Å². The molecule has 0 bridgehead atoms. The van der Waals surface area contributed by atoms with Crippen LogP contribution in [0.2, 0.25) is 0 Å². The van der Waals surface area contributed by atoms with E-state index in [1.165, 1.54) is 40.8 Å². The molecule has 1 saturated heterocycles. The lowest BCUT2D eigenvalue weighted by atomic mass is 10.0. The highest BCUT2D eigenvalue weighted by molar-refractivity contribution is 7.18. The summed E-state index contributed by atoms with van der Waals surface area (Å²) in [7, 11) is 0. The third kappa shape index (κ3) is 5.69. The molecule has 0 spiro atoms. The normalized spacial score (nSPS) is 13.9. The van der Waals surface area contributed by atoms with E-state index in [1.807, 2.05) is 23.1 Å². The van der Waals surface area contributed by atoms with Crippen LogP contribution >= 0.6 is 11.3 Å². The Morgan fingerprint density at radius 1 is 0.892 bits per heavy atom. The Morgan fingerprint density at radius 3 is 2.32 bits per heavy atom. The zero-order valence-corrected chi connectivity index (χ0v) is 23.0.